The minimum Gasteiger partial charge on any atom is -0.391 e. The number of nitrogens with one attached hydrogen (secondary N) is 1. The van der Waals surface area contributed by atoms with E-state index in [4.69, 9.17) is 4.52 Å². The number of rotatable bonds is 5. The van der Waals surface area contributed by atoms with E-state index >= 15 is 0 Å². The van der Waals surface area contributed by atoms with Gasteiger partial charge in [-0.3, -0.25) is 9.59 Å². The molecule has 2 N–H and O–H groups in total. The van der Waals surface area contributed by atoms with Crippen LogP contribution in [0.4, 0.5) is 4.39 Å². The quantitative estimate of drug-likeness (QED) is 0.826. The Labute approximate surface area is 149 Å². The number of aliphatic hydroxyl groups is 1. The summed E-state index contributed by atoms with van der Waals surface area (Å²) in [6.45, 7) is 2.07. The van der Waals surface area contributed by atoms with Crippen molar-refractivity contribution >= 4 is 11.8 Å². The van der Waals surface area contributed by atoms with Gasteiger partial charge in [-0.15, -0.1) is 0 Å². The molecule has 0 radical (unpaired) electrons. The van der Waals surface area contributed by atoms with Gasteiger partial charge in [0.2, 0.25) is 11.8 Å². The van der Waals surface area contributed by atoms with Gasteiger partial charge < -0.3 is 19.8 Å². The Morgan fingerprint density at radius 2 is 2.12 bits per heavy atom. The number of halogens is 1. The molecule has 1 aromatic carbocycles. The van der Waals surface area contributed by atoms with Gasteiger partial charge in [-0.05, 0) is 24.6 Å². The Bertz CT molecular complexity index is 790. The summed E-state index contributed by atoms with van der Waals surface area (Å²) in [5.41, 5.74) is 1.41. The first kappa shape index (κ1) is 18.1. The van der Waals surface area contributed by atoms with Gasteiger partial charge in [-0.25, -0.2) is 4.39 Å². The summed E-state index contributed by atoms with van der Waals surface area (Å²) < 4.78 is 18.0. The van der Waals surface area contributed by atoms with E-state index in [0.717, 1.165) is 5.56 Å². The SMILES string of the molecule is Cc1cc(CC(=O)N2CC(O)CC2C(=O)NCc2ccc(F)cc2)on1. The molecule has 0 saturated carbocycles. The summed E-state index contributed by atoms with van der Waals surface area (Å²) in [5.74, 6) is -0.592. The minimum atomic E-state index is -0.753. The molecule has 1 aliphatic rings. The van der Waals surface area contributed by atoms with Crippen molar-refractivity contribution in [3.63, 3.8) is 0 Å². The summed E-state index contributed by atoms with van der Waals surface area (Å²) in [7, 11) is 0. The molecule has 0 bridgehead atoms. The van der Waals surface area contributed by atoms with Crippen molar-refractivity contribution < 1.29 is 23.6 Å². The average Bonchev–Trinajstić information content (AvgIpc) is 3.19. The predicted octanol–water partition coefficient (Wildman–Crippen LogP) is 0.943. The lowest BCUT2D eigenvalue weighted by Gasteiger charge is -2.23. The molecule has 2 amide bonds. The maximum atomic E-state index is 12.9. The highest BCUT2D eigenvalue weighted by Gasteiger charge is 2.38. The van der Waals surface area contributed by atoms with Crippen molar-refractivity contribution in [3.8, 4) is 0 Å². The Hall–Kier alpha value is -2.74. The maximum Gasteiger partial charge on any atom is 0.243 e. The molecule has 138 valence electrons. The first-order chi connectivity index (χ1) is 12.4. The third-order valence-corrected chi connectivity index (χ3v) is 4.28. The second-order valence-electron chi connectivity index (χ2n) is 6.41. The van der Waals surface area contributed by atoms with Crippen molar-refractivity contribution in [1.82, 2.24) is 15.4 Å². The fraction of sp³-hybridized carbons (Fsp3) is 0.389. The number of hydrogen-bond acceptors (Lipinski definition) is 5. The molecule has 0 aliphatic carbocycles. The molecule has 7 nitrogen and oxygen atoms in total. The summed E-state index contributed by atoms with van der Waals surface area (Å²) in [5, 5.41) is 16.4. The monoisotopic (exact) mass is 361 g/mol. The topological polar surface area (TPSA) is 95.7 Å². The third-order valence-electron chi connectivity index (χ3n) is 4.28. The van der Waals surface area contributed by atoms with Gasteiger partial charge in [0, 0.05) is 25.6 Å². The average molecular weight is 361 g/mol. The fourth-order valence-corrected chi connectivity index (χ4v) is 3.00. The number of aromatic nitrogens is 1. The third kappa shape index (κ3) is 4.26. The summed E-state index contributed by atoms with van der Waals surface area (Å²) in [4.78, 5) is 26.3. The van der Waals surface area contributed by atoms with Crippen molar-refractivity contribution in [2.24, 2.45) is 0 Å². The lowest BCUT2D eigenvalue weighted by atomic mass is 10.1. The number of aliphatic hydroxyl groups excluding tert-OH is 1. The van der Waals surface area contributed by atoms with Gasteiger partial charge in [-0.2, -0.15) is 0 Å². The molecule has 1 fully saturated rings. The van der Waals surface area contributed by atoms with E-state index in [9.17, 15) is 19.1 Å². The van der Waals surface area contributed by atoms with Crippen LogP contribution in [-0.2, 0) is 22.6 Å². The highest BCUT2D eigenvalue weighted by Crippen LogP contribution is 2.20. The van der Waals surface area contributed by atoms with E-state index in [2.05, 4.69) is 10.5 Å². The van der Waals surface area contributed by atoms with Gasteiger partial charge in [0.15, 0.2) is 0 Å². The van der Waals surface area contributed by atoms with Crippen LogP contribution in [0.1, 0.15) is 23.4 Å². The molecule has 1 aliphatic heterocycles. The Morgan fingerprint density at radius 1 is 1.38 bits per heavy atom. The number of amides is 2. The molecule has 1 saturated heterocycles. The first-order valence-corrected chi connectivity index (χ1v) is 8.34. The van der Waals surface area contributed by atoms with Gasteiger partial charge >= 0.3 is 0 Å². The zero-order valence-electron chi connectivity index (χ0n) is 14.3. The Balaban J connectivity index is 1.61. The molecular weight excluding hydrogens is 341 g/mol. The number of aryl methyl sites for hydroxylation is 1. The molecule has 1 aromatic heterocycles. The number of benzene rings is 1. The van der Waals surface area contributed by atoms with Crippen molar-refractivity contribution in [1.29, 1.82) is 0 Å². The summed E-state index contributed by atoms with van der Waals surface area (Å²) in [6.07, 6.45) is -0.594. The lowest BCUT2D eigenvalue weighted by Crippen LogP contribution is -2.46. The van der Waals surface area contributed by atoms with Crippen LogP contribution in [-0.4, -0.2) is 45.7 Å². The second-order valence-corrected chi connectivity index (χ2v) is 6.41. The summed E-state index contributed by atoms with van der Waals surface area (Å²) >= 11 is 0. The molecule has 2 atom stereocenters. The predicted molar refractivity (Wildman–Crippen MR) is 89.3 cm³/mol. The highest BCUT2D eigenvalue weighted by atomic mass is 19.1. The molecule has 26 heavy (non-hydrogen) atoms. The molecule has 8 heteroatoms. The van der Waals surface area contributed by atoms with Crippen LogP contribution in [0.3, 0.4) is 0 Å². The van der Waals surface area contributed by atoms with E-state index in [1.807, 2.05) is 0 Å². The second kappa shape index (κ2) is 7.65. The Kier molecular flexibility index (Phi) is 5.32. The number of carbonyl (C=O) groups excluding carboxylic acids is 2. The molecular formula is C18H20FN3O4. The first-order valence-electron chi connectivity index (χ1n) is 8.34. The smallest absolute Gasteiger partial charge is 0.243 e. The minimum absolute atomic E-state index is 0.0185. The number of likely N-dealkylation sites (tertiary alicyclic amines) is 1. The van der Waals surface area contributed by atoms with E-state index in [1.165, 1.54) is 17.0 Å². The molecule has 0 spiro atoms. The van der Waals surface area contributed by atoms with Crippen molar-refractivity contribution in [2.75, 3.05) is 6.54 Å². The number of carbonyl (C=O) groups is 2. The van der Waals surface area contributed by atoms with Crippen LogP contribution in [0.15, 0.2) is 34.9 Å². The van der Waals surface area contributed by atoms with E-state index in [-0.39, 0.29) is 43.6 Å². The number of hydrogen-bond donors (Lipinski definition) is 2. The maximum absolute atomic E-state index is 12.9. The van der Waals surface area contributed by atoms with E-state index in [0.29, 0.717) is 11.5 Å². The van der Waals surface area contributed by atoms with Gasteiger partial charge in [0.05, 0.1) is 18.2 Å². The van der Waals surface area contributed by atoms with Crippen LogP contribution in [0.5, 0.6) is 0 Å². The van der Waals surface area contributed by atoms with Crippen LogP contribution >= 0.6 is 0 Å². The zero-order chi connectivity index (χ0) is 18.7. The van der Waals surface area contributed by atoms with E-state index < -0.39 is 12.1 Å². The van der Waals surface area contributed by atoms with Crippen LogP contribution in [0, 0.1) is 12.7 Å². The molecule has 2 aromatic rings. The number of nitrogens with zero attached hydrogens (tertiary/aromatic N) is 2. The largest absolute Gasteiger partial charge is 0.391 e. The molecule has 2 unspecified atom stereocenters. The van der Waals surface area contributed by atoms with Gasteiger partial charge in [0.25, 0.3) is 0 Å². The van der Waals surface area contributed by atoms with Crippen molar-refractivity contribution in [2.45, 2.75) is 38.5 Å². The highest BCUT2D eigenvalue weighted by molar-refractivity contribution is 5.89. The number of β-amino-alcohol motifs (C(OH)–C–C–N with tert-alkyl or cyclic N) is 1. The Morgan fingerprint density at radius 3 is 2.77 bits per heavy atom. The standard InChI is InChI=1S/C18H20FN3O4/c1-11-6-15(26-21-11)8-17(24)22-10-14(23)7-16(22)18(25)20-9-12-2-4-13(19)5-3-12/h2-6,14,16,23H,7-10H2,1H3,(H,20,25). The van der Waals surface area contributed by atoms with E-state index in [1.54, 1.807) is 25.1 Å². The lowest BCUT2D eigenvalue weighted by molar-refractivity contribution is -0.138. The normalized spacial score (nSPS) is 19.6. The van der Waals surface area contributed by atoms with Crippen LogP contribution < -0.4 is 5.32 Å². The van der Waals surface area contributed by atoms with Crippen molar-refractivity contribution in [3.05, 3.63) is 53.2 Å². The van der Waals surface area contributed by atoms with Crippen LogP contribution in [0.25, 0.3) is 0 Å². The zero-order valence-corrected chi connectivity index (χ0v) is 14.3. The fourth-order valence-electron chi connectivity index (χ4n) is 3.00. The van der Waals surface area contributed by atoms with Gasteiger partial charge in [-0.1, -0.05) is 17.3 Å². The molecule has 3 rings (SSSR count). The van der Waals surface area contributed by atoms with Gasteiger partial charge in [0.1, 0.15) is 17.6 Å². The van der Waals surface area contributed by atoms with Crippen LogP contribution in [0.2, 0.25) is 0 Å². The summed E-state index contributed by atoms with van der Waals surface area (Å²) in [6, 6.07) is 6.70. The molecule has 2 heterocycles.